The number of aliphatic hydroxyl groups is 1. The van der Waals surface area contributed by atoms with E-state index >= 15 is 0 Å². The maximum Gasteiger partial charge on any atom is 0.287 e. The maximum atomic E-state index is 11.7. The number of rotatable bonds is 5. The van der Waals surface area contributed by atoms with Gasteiger partial charge in [0.15, 0.2) is 0 Å². The number of hydrogen-bond donors (Lipinski definition) is 2. The molecule has 6 heteroatoms. The molecule has 5 nitrogen and oxygen atoms in total. The van der Waals surface area contributed by atoms with Crippen molar-refractivity contribution in [3.8, 4) is 0 Å². The molecule has 0 bridgehead atoms. The zero-order chi connectivity index (χ0) is 11.5. The topological polar surface area (TPSA) is 67.2 Å². The van der Waals surface area contributed by atoms with Crippen LogP contribution in [0, 0.1) is 5.92 Å². The molecule has 1 aromatic rings. The van der Waals surface area contributed by atoms with Crippen LogP contribution < -0.4 is 10.9 Å². The first-order valence-corrected chi connectivity index (χ1v) is 5.70. The second-order valence-corrected chi connectivity index (χ2v) is 4.33. The van der Waals surface area contributed by atoms with Gasteiger partial charge in [0.25, 0.3) is 5.56 Å². The van der Waals surface area contributed by atoms with Crippen LogP contribution >= 0.6 is 11.6 Å². The quantitative estimate of drug-likeness (QED) is 0.800. The predicted octanol–water partition coefficient (Wildman–Crippen LogP) is 0.711. The summed E-state index contributed by atoms with van der Waals surface area (Å²) in [6.45, 7) is 0.879. The lowest BCUT2D eigenvalue weighted by Crippen LogP contribution is -2.25. The molecule has 1 heterocycles. The minimum absolute atomic E-state index is 0.127. The van der Waals surface area contributed by atoms with Crippen molar-refractivity contribution in [3.05, 3.63) is 21.6 Å². The third kappa shape index (κ3) is 2.54. The summed E-state index contributed by atoms with van der Waals surface area (Å²) < 4.78 is 1.16. The minimum Gasteiger partial charge on any atom is -0.394 e. The highest BCUT2D eigenvalue weighted by molar-refractivity contribution is 6.32. The molecule has 1 aliphatic rings. The zero-order valence-corrected chi connectivity index (χ0v) is 9.57. The number of hydrogen-bond acceptors (Lipinski definition) is 4. The lowest BCUT2D eigenvalue weighted by atomic mass is 10.4. The summed E-state index contributed by atoms with van der Waals surface area (Å²) in [5.74, 6) is 0.705. The fourth-order valence-corrected chi connectivity index (χ4v) is 1.63. The van der Waals surface area contributed by atoms with Crippen LogP contribution in [0.1, 0.15) is 12.8 Å². The first-order chi connectivity index (χ1) is 7.72. The molecule has 1 aromatic heterocycles. The Morgan fingerprint density at radius 1 is 1.62 bits per heavy atom. The SMILES string of the molecule is O=c1c(Cl)c(NCC2CC2)cnn1CCO. The van der Waals surface area contributed by atoms with Crippen molar-refractivity contribution in [1.82, 2.24) is 9.78 Å². The van der Waals surface area contributed by atoms with E-state index in [2.05, 4.69) is 10.4 Å². The maximum absolute atomic E-state index is 11.7. The van der Waals surface area contributed by atoms with Gasteiger partial charge in [0.2, 0.25) is 0 Å². The van der Waals surface area contributed by atoms with Crippen LogP contribution in [0.25, 0.3) is 0 Å². The molecule has 88 valence electrons. The second-order valence-electron chi connectivity index (χ2n) is 3.95. The Labute approximate surface area is 98.0 Å². The summed E-state index contributed by atoms with van der Waals surface area (Å²) in [7, 11) is 0. The Kier molecular flexibility index (Phi) is 3.46. The molecular formula is C10H14ClN3O2. The Morgan fingerprint density at radius 2 is 2.38 bits per heavy atom. The van der Waals surface area contributed by atoms with Gasteiger partial charge in [-0.25, -0.2) is 4.68 Å². The lowest BCUT2D eigenvalue weighted by molar-refractivity contribution is 0.266. The molecule has 1 saturated carbocycles. The Morgan fingerprint density at radius 3 is 3.00 bits per heavy atom. The zero-order valence-electron chi connectivity index (χ0n) is 8.82. The van der Waals surface area contributed by atoms with Gasteiger partial charge in [-0.05, 0) is 18.8 Å². The normalized spacial score (nSPS) is 15.1. The first-order valence-electron chi connectivity index (χ1n) is 5.32. The summed E-state index contributed by atoms with van der Waals surface area (Å²) in [5.41, 5.74) is 0.212. The van der Waals surface area contributed by atoms with Gasteiger partial charge < -0.3 is 10.4 Å². The third-order valence-corrected chi connectivity index (χ3v) is 2.94. The van der Waals surface area contributed by atoms with Gasteiger partial charge in [-0.3, -0.25) is 4.79 Å². The molecule has 0 radical (unpaired) electrons. The molecule has 0 amide bonds. The molecule has 0 atom stereocenters. The van der Waals surface area contributed by atoms with Gasteiger partial charge in [-0.2, -0.15) is 5.10 Å². The van der Waals surface area contributed by atoms with E-state index in [9.17, 15) is 4.79 Å². The lowest BCUT2D eigenvalue weighted by Gasteiger charge is -2.08. The third-order valence-electron chi connectivity index (χ3n) is 2.57. The Bertz CT molecular complexity index is 429. The van der Waals surface area contributed by atoms with Gasteiger partial charge >= 0.3 is 0 Å². The number of nitrogens with zero attached hydrogens (tertiary/aromatic N) is 2. The molecule has 16 heavy (non-hydrogen) atoms. The van der Waals surface area contributed by atoms with Gasteiger partial charge in [-0.1, -0.05) is 11.6 Å². The molecular weight excluding hydrogens is 230 g/mol. The molecule has 0 unspecified atom stereocenters. The van der Waals surface area contributed by atoms with E-state index < -0.39 is 0 Å². The molecule has 1 aliphatic carbocycles. The highest BCUT2D eigenvalue weighted by Crippen LogP contribution is 2.29. The fourth-order valence-electron chi connectivity index (χ4n) is 1.42. The van der Waals surface area contributed by atoms with E-state index in [4.69, 9.17) is 16.7 Å². The average Bonchev–Trinajstić information content (AvgIpc) is 3.08. The molecule has 0 aromatic carbocycles. The van der Waals surface area contributed by atoms with Crippen molar-refractivity contribution in [2.45, 2.75) is 19.4 Å². The van der Waals surface area contributed by atoms with Crippen LogP contribution in [0.4, 0.5) is 5.69 Å². The number of anilines is 1. The highest BCUT2D eigenvalue weighted by atomic mass is 35.5. The molecule has 2 N–H and O–H groups in total. The molecule has 0 saturated heterocycles. The minimum atomic E-state index is -0.364. The van der Waals surface area contributed by atoms with Crippen LogP contribution in [-0.4, -0.2) is 28.0 Å². The second kappa shape index (κ2) is 4.84. The van der Waals surface area contributed by atoms with Crippen LogP contribution in [-0.2, 0) is 6.54 Å². The molecule has 2 rings (SSSR count). The van der Waals surface area contributed by atoms with Crippen molar-refractivity contribution >= 4 is 17.3 Å². The summed E-state index contributed by atoms with van der Waals surface area (Å²) in [6.07, 6.45) is 4.00. The van der Waals surface area contributed by atoms with Crippen molar-refractivity contribution in [2.24, 2.45) is 5.92 Å². The number of aromatic nitrogens is 2. The Balaban J connectivity index is 2.13. The van der Waals surface area contributed by atoms with Crippen LogP contribution in [0.15, 0.2) is 11.0 Å². The van der Waals surface area contributed by atoms with Gasteiger partial charge in [0, 0.05) is 6.54 Å². The van der Waals surface area contributed by atoms with E-state index in [1.807, 2.05) is 0 Å². The summed E-state index contributed by atoms with van der Waals surface area (Å²) in [5, 5.41) is 15.9. The van der Waals surface area contributed by atoms with E-state index in [0.29, 0.717) is 11.6 Å². The largest absolute Gasteiger partial charge is 0.394 e. The van der Waals surface area contributed by atoms with Gasteiger partial charge in [0.05, 0.1) is 25.0 Å². The van der Waals surface area contributed by atoms with Crippen molar-refractivity contribution < 1.29 is 5.11 Å². The molecule has 0 spiro atoms. The summed E-state index contributed by atoms with van der Waals surface area (Å²) in [4.78, 5) is 11.7. The van der Waals surface area contributed by atoms with Gasteiger partial charge in [0.1, 0.15) is 5.02 Å². The molecule has 0 aliphatic heterocycles. The molecule has 1 fully saturated rings. The highest BCUT2D eigenvalue weighted by Gasteiger charge is 2.21. The van der Waals surface area contributed by atoms with Crippen molar-refractivity contribution in [2.75, 3.05) is 18.5 Å². The summed E-state index contributed by atoms with van der Waals surface area (Å²) in [6, 6.07) is 0. The number of halogens is 1. The van der Waals surface area contributed by atoms with Crippen LogP contribution in [0.2, 0.25) is 5.02 Å². The van der Waals surface area contributed by atoms with Gasteiger partial charge in [-0.15, -0.1) is 0 Å². The van der Waals surface area contributed by atoms with E-state index in [-0.39, 0.29) is 23.7 Å². The average molecular weight is 244 g/mol. The monoisotopic (exact) mass is 243 g/mol. The summed E-state index contributed by atoms with van der Waals surface area (Å²) >= 11 is 5.92. The first kappa shape index (κ1) is 11.4. The standard InChI is InChI=1S/C10H14ClN3O2/c11-9-8(12-5-7-1-2-7)6-13-14(3-4-15)10(9)16/h6-7,12,15H,1-5H2. The van der Waals surface area contributed by atoms with Crippen molar-refractivity contribution in [1.29, 1.82) is 0 Å². The van der Waals surface area contributed by atoms with Crippen molar-refractivity contribution in [3.63, 3.8) is 0 Å². The number of nitrogens with one attached hydrogen (secondary N) is 1. The number of aliphatic hydroxyl groups excluding tert-OH is 1. The van der Waals surface area contributed by atoms with Crippen LogP contribution in [0.3, 0.4) is 0 Å². The van der Waals surface area contributed by atoms with E-state index in [1.165, 1.54) is 19.0 Å². The Hall–Kier alpha value is -1.07. The van der Waals surface area contributed by atoms with Crippen LogP contribution in [0.5, 0.6) is 0 Å². The van der Waals surface area contributed by atoms with E-state index in [1.54, 1.807) is 0 Å². The predicted molar refractivity (Wildman–Crippen MR) is 61.8 cm³/mol. The smallest absolute Gasteiger partial charge is 0.287 e. The fraction of sp³-hybridized carbons (Fsp3) is 0.600. The van der Waals surface area contributed by atoms with E-state index in [0.717, 1.165) is 11.2 Å².